The molecule has 0 radical (unpaired) electrons. The van der Waals surface area contributed by atoms with Crippen molar-refractivity contribution < 1.29 is 9.13 Å². The Morgan fingerprint density at radius 1 is 0.929 bits per heavy atom. The van der Waals surface area contributed by atoms with Gasteiger partial charge in [-0.1, -0.05) is 24.3 Å². The molecule has 2 aromatic carbocycles. The lowest BCUT2D eigenvalue weighted by atomic mass is 9.96. The van der Waals surface area contributed by atoms with E-state index in [4.69, 9.17) is 4.74 Å². The second-order valence-electron chi connectivity index (χ2n) is 8.18. The molecule has 2 fully saturated rings. The van der Waals surface area contributed by atoms with Crippen molar-refractivity contribution in [2.45, 2.75) is 18.6 Å². The number of rotatable bonds is 4. The van der Waals surface area contributed by atoms with Crippen LogP contribution in [0, 0.1) is 5.82 Å². The summed E-state index contributed by atoms with van der Waals surface area (Å²) in [4.78, 5) is 7.51. The Morgan fingerprint density at radius 3 is 2.46 bits per heavy atom. The molecule has 28 heavy (non-hydrogen) atoms. The van der Waals surface area contributed by atoms with Gasteiger partial charge in [-0.2, -0.15) is 0 Å². The maximum Gasteiger partial charge on any atom is 0.123 e. The van der Waals surface area contributed by atoms with Crippen LogP contribution in [0.25, 0.3) is 0 Å². The first-order valence-electron chi connectivity index (χ1n) is 10.4. The van der Waals surface area contributed by atoms with Crippen LogP contribution in [0.3, 0.4) is 0 Å². The van der Waals surface area contributed by atoms with E-state index in [1.54, 1.807) is 12.1 Å². The Kier molecular flexibility index (Phi) is 5.05. The van der Waals surface area contributed by atoms with Crippen molar-refractivity contribution >= 4 is 5.69 Å². The van der Waals surface area contributed by atoms with Crippen molar-refractivity contribution in [2.75, 3.05) is 57.3 Å². The zero-order valence-electron chi connectivity index (χ0n) is 16.3. The van der Waals surface area contributed by atoms with E-state index in [1.807, 2.05) is 12.1 Å². The van der Waals surface area contributed by atoms with Crippen LogP contribution in [0.15, 0.2) is 48.5 Å². The highest BCUT2D eigenvalue weighted by Gasteiger charge is 2.35. The maximum absolute atomic E-state index is 13.1. The molecular formula is C23H28FN3O. The average Bonchev–Trinajstić information content (AvgIpc) is 2.71. The molecule has 148 valence electrons. The van der Waals surface area contributed by atoms with E-state index in [-0.39, 0.29) is 11.9 Å². The average molecular weight is 381 g/mol. The molecule has 1 unspecified atom stereocenters. The van der Waals surface area contributed by atoms with E-state index in [1.165, 1.54) is 11.1 Å². The summed E-state index contributed by atoms with van der Waals surface area (Å²) in [5.41, 5.74) is 3.96. The SMILES string of the molecule is Fc1ccc(N2CCN(C3CN(CC4OCCc5ccccc54)C3)CC2)cc1. The predicted molar refractivity (Wildman–Crippen MR) is 109 cm³/mol. The van der Waals surface area contributed by atoms with Gasteiger partial charge in [0, 0.05) is 57.5 Å². The lowest BCUT2D eigenvalue weighted by Crippen LogP contribution is -2.63. The third-order valence-electron chi connectivity index (χ3n) is 6.48. The summed E-state index contributed by atoms with van der Waals surface area (Å²) in [5.74, 6) is -0.165. The Hall–Kier alpha value is -1.95. The number of halogens is 1. The third-order valence-corrected chi connectivity index (χ3v) is 6.48. The smallest absolute Gasteiger partial charge is 0.123 e. The summed E-state index contributed by atoms with van der Waals surface area (Å²) >= 11 is 0. The zero-order chi connectivity index (χ0) is 18.9. The van der Waals surface area contributed by atoms with E-state index in [2.05, 4.69) is 39.0 Å². The molecule has 5 rings (SSSR count). The summed E-state index contributed by atoms with van der Waals surface area (Å²) in [6, 6.07) is 16.3. The second-order valence-corrected chi connectivity index (χ2v) is 8.18. The van der Waals surface area contributed by atoms with Gasteiger partial charge in [0.1, 0.15) is 5.82 Å². The molecule has 1 atom stereocenters. The molecule has 2 saturated heterocycles. The minimum Gasteiger partial charge on any atom is -0.372 e. The number of hydrogen-bond acceptors (Lipinski definition) is 4. The van der Waals surface area contributed by atoms with Crippen molar-refractivity contribution in [3.05, 3.63) is 65.5 Å². The van der Waals surface area contributed by atoms with Gasteiger partial charge in [0.05, 0.1) is 12.7 Å². The van der Waals surface area contributed by atoms with Crippen molar-refractivity contribution in [3.63, 3.8) is 0 Å². The highest BCUT2D eigenvalue weighted by Crippen LogP contribution is 2.30. The van der Waals surface area contributed by atoms with Gasteiger partial charge in [-0.15, -0.1) is 0 Å². The molecule has 0 spiro atoms. The van der Waals surface area contributed by atoms with E-state index in [0.29, 0.717) is 6.04 Å². The minimum atomic E-state index is -0.165. The van der Waals surface area contributed by atoms with Crippen LogP contribution >= 0.6 is 0 Å². The fourth-order valence-electron chi connectivity index (χ4n) is 4.78. The molecular weight excluding hydrogens is 353 g/mol. The van der Waals surface area contributed by atoms with Crippen LogP contribution in [-0.4, -0.2) is 68.3 Å². The van der Waals surface area contributed by atoms with Crippen LogP contribution in [0.4, 0.5) is 10.1 Å². The Morgan fingerprint density at radius 2 is 1.68 bits per heavy atom. The van der Waals surface area contributed by atoms with E-state index in [0.717, 1.165) is 64.5 Å². The lowest BCUT2D eigenvalue weighted by molar-refractivity contribution is -0.0306. The van der Waals surface area contributed by atoms with Gasteiger partial charge < -0.3 is 9.64 Å². The van der Waals surface area contributed by atoms with Crippen molar-refractivity contribution in [2.24, 2.45) is 0 Å². The molecule has 0 amide bonds. The largest absolute Gasteiger partial charge is 0.372 e. The number of ether oxygens (including phenoxy) is 1. The number of nitrogens with zero attached hydrogens (tertiary/aromatic N) is 3. The topological polar surface area (TPSA) is 19.0 Å². The monoisotopic (exact) mass is 381 g/mol. The van der Waals surface area contributed by atoms with Crippen LogP contribution in [0.2, 0.25) is 0 Å². The number of anilines is 1. The number of hydrogen-bond donors (Lipinski definition) is 0. The summed E-state index contributed by atoms with van der Waals surface area (Å²) < 4.78 is 19.2. The molecule has 3 aliphatic rings. The predicted octanol–water partition coefficient (Wildman–Crippen LogP) is 2.95. The van der Waals surface area contributed by atoms with E-state index >= 15 is 0 Å². The van der Waals surface area contributed by atoms with E-state index < -0.39 is 0 Å². The molecule has 2 aromatic rings. The molecule has 0 aliphatic carbocycles. The first-order valence-corrected chi connectivity index (χ1v) is 10.4. The van der Waals surface area contributed by atoms with Crippen molar-refractivity contribution in [1.29, 1.82) is 0 Å². The molecule has 0 N–H and O–H groups in total. The van der Waals surface area contributed by atoms with Crippen LogP contribution in [0.5, 0.6) is 0 Å². The van der Waals surface area contributed by atoms with Gasteiger partial charge in [0.25, 0.3) is 0 Å². The number of benzene rings is 2. The normalized spacial score (nSPS) is 24.0. The van der Waals surface area contributed by atoms with Gasteiger partial charge >= 0.3 is 0 Å². The quantitative estimate of drug-likeness (QED) is 0.811. The summed E-state index contributed by atoms with van der Waals surface area (Å²) in [6.45, 7) is 8.31. The molecule has 3 heterocycles. The summed E-state index contributed by atoms with van der Waals surface area (Å²) in [6.07, 6.45) is 1.26. The first-order chi connectivity index (χ1) is 13.8. The molecule has 0 saturated carbocycles. The molecule has 0 bridgehead atoms. The standard InChI is InChI=1S/C23H28FN3O/c24-19-5-7-20(8-6-19)26-10-12-27(13-11-26)21-15-25(16-21)17-23-22-4-2-1-3-18(22)9-14-28-23/h1-8,21,23H,9-17H2. The highest BCUT2D eigenvalue weighted by molar-refractivity contribution is 5.46. The fourth-order valence-corrected chi connectivity index (χ4v) is 4.78. The molecule has 5 heteroatoms. The van der Waals surface area contributed by atoms with Gasteiger partial charge in [-0.3, -0.25) is 9.80 Å². The van der Waals surface area contributed by atoms with Crippen molar-refractivity contribution in [3.8, 4) is 0 Å². The first kappa shape index (κ1) is 18.1. The van der Waals surface area contributed by atoms with Crippen LogP contribution in [-0.2, 0) is 11.2 Å². The minimum absolute atomic E-state index is 0.165. The number of fused-ring (bicyclic) bond motifs is 1. The summed E-state index contributed by atoms with van der Waals surface area (Å²) in [7, 11) is 0. The Bertz CT molecular complexity index is 798. The second kappa shape index (κ2) is 7.82. The fraction of sp³-hybridized carbons (Fsp3) is 0.478. The lowest BCUT2D eigenvalue weighted by Gasteiger charge is -2.49. The number of piperazine rings is 1. The Labute approximate surface area is 166 Å². The molecule has 0 aromatic heterocycles. The van der Waals surface area contributed by atoms with Gasteiger partial charge in [-0.25, -0.2) is 4.39 Å². The molecule has 3 aliphatic heterocycles. The van der Waals surface area contributed by atoms with Crippen molar-refractivity contribution in [1.82, 2.24) is 9.80 Å². The van der Waals surface area contributed by atoms with Crippen LogP contribution in [0.1, 0.15) is 17.2 Å². The van der Waals surface area contributed by atoms with Gasteiger partial charge in [-0.05, 0) is 41.8 Å². The summed E-state index contributed by atoms with van der Waals surface area (Å²) in [5, 5.41) is 0. The van der Waals surface area contributed by atoms with Gasteiger partial charge in [0.2, 0.25) is 0 Å². The highest BCUT2D eigenvalue weighted by atomic mass is 19.1. The molecule has 4 nitrogen and oxygen atoms in total. The maximum atomic E-state index is 13.1. The van der Waals surface area contributed by atoms with Gasteiger partial charge in [0.15, 0.2) is 0 Å². The third kappa shape index (κ3) is 3.66. The van der Waals surface area contributed by atoms with Crippen LogP contribution < -0.4 is 4.90 Å². The zero-order valence-corrected chi connectivity index (χ0v) is 16.3. The number of likely N-dealkylation sites (tertiary alicyclic amines) is 1. The van der Waals surface area contributed by atoms with E-state index in [9.17, 15) is 4.39 Å². The Balaban J connectivity index is 1.10.